The number of phenols is 1. The van der Waals surface area contributed by atoms with Crippen LogP contribution in [0.25, 0.3) is 0 Å². The first-order valence-electron chi connectivity index (χ1n) is 11.3. The van der Waals surface area contributed by atoms with Gasteiger partial charge in [-0.15, -0.1) is 0 Å². The summed E-state index contributed by atoms with van der Waals surface area (Å²) in [6.07, 6.45) is 7.26. The van der Waals surface area contributed by atoms with E-state index in [0.29, 0.717) is 22.3 Å². The quantitative estimate of drug-likeness (QED) is 0.518. The Hall–Kier alpha value is -3.90. The summed E-state index contributed by atoms with van der Waals surface area (Å²) >= 11 is 5.96. The lowest BCUT2D eigenvalue weighted by molar-refractivity contribution is -0.119. The fourth-order valence-corrected chi connectivity index (χ4v) is 4.11. The first-order valence-corrected chi connectivity index (χ1v) is 11.7. The molecule has 0 aromatic heterocycles. The Morgan fingerprint density at radius 3 is 2.63 bits per heavy atom. The number of carbonyl (C=O) groups is 1. The predicted octanol–water partition coefficient (Wildman–Crippen LogP) is 5.00. The smallest absolute Gasteiger partial charge is 0.229 e. The number of hydrogen-bond donors (Lipinski definition) is 3. The second kappa shape index (κ2) is 10.6. The minimum absolute atomic E-state index is 0.145. The highest BCUT2D eigenvalue weighted by Gasteiger charge is 2.24. The molecule has 2 bridgehead atoms. The lowest BCUT2D eigenvalue weighted by Gasteiger charge is -2.15. The van der Waals surface area contributed by atoms with Crippen molar-refractivity contribution in [2.24, 2.45) is 15.7 Å². The summed E-state index contributed by atoms with van der Waals surface area (Å²) in [6, 6.07) is 13.7. The van der Waals surface area contributed by atoms with Crippen LogP contribution in [0.2, 0.25) is 5.02 Å². The first-order chi connectivity index (χ1) is 16.8. The number of nitrogens with zero attached hydrogens (tertiary/aromatic N) is 2. The zero-order valence-corrected chi connectivity index (χ0v) is 20.2. The molecule has 0 radical (unpaired) electrons. The zero-order valence-electron chi connectivity index (χ0n) is 19.5. The number of nitrogens with one attached hydrogen (secondary N) is 1. The van der Waals surface area contributed by atoms with E-state index in [-0.39, 0.29) is 24.1 Å². The summed E-state index contributed by atoms with van der Waals surface area (Å²) in [5.41, 5.74) is 11.6. The Bertz CT molecular complexity index is 1300. The molecule has 1 aliphatic heterocycles. The van der Waals surface area contributed by atoms with Gasteiger partial charge in [0.25, 0.3) is 0 Å². The standard InChI is InChI=1S/C28H27ClN4O2/c1-3-22(30)15-20-6-11-23-16-25(17(20)2)32-27(19-7-12-24(34)13-8-19)28(31-23)33-26(35)14-18-4-9-21(29)10-5-18/h3-5,7-10,12-13,15-16,23,34H,1,6,11,14,30H2,2H3,(H,31,33,35)/b22-15+. The fraction of sp³-hybridized carbons (Fsp3) is 0.179. The molecule has 0 spiro atoms. The molecule has 4 N–H and O–H groups in total. The van der Waals surface area contributed by atoms with Crippen LogP contribution in [0.3, 0.4) is 0 Å². The second-order valence-corrected chi connectivity index (χ2v) is 8.93. The van der Waals surface area contributed by atoms with Crippen molar-refractivity contribution in [3.63, 3.8) is 0 Å². The highest BCUT2D eigenvalue weighted by molar-refractivity contribution is 6.49. The van der Waals surface area contributed by atoms with Crippen LogP contribution < -0.4 is 11.1 Å². The molecule has 2 aromatic rings. The van der Waals surface area contributed by atoms with E-state index in [1.165, 1.54) is 0 Å². The molecule has 7 heteroatoms. The Morgan fingerprint density at radius 2 is 1.94 bits per heavy atom. The van der Waals surface area contributed by atoms with E-state index in [0.717, 1.165) is 40.8 Å². The Morgan fingerprint density at radius 1 is 1.23 bits per heavy atom. The van der Waals surface area contributed by atoms with Crippen LogP contribution in [0, 0.1) is 0 Å². The highest BCUT2D eigenvalue weighted by Crippen LogP contribution is 2.30. The molecule has 1 amide bonds. The molecular weight excluding hydrogens is 460 g/mol. The van der Waals surface area contributed by atoms with E-state index < -0.39 is 0 Å². The minimum atomic E-state index is -0.202. The van der Waals surface area contributed by atoms with Crippen molar-refractivity contribution < 1.29 is 9.90 Å². The van der Waals surface area contributed by atoms with Crippen LogP contribution in [-0.2, 0) is 11.2 Å². The number of aliphatic imine (C=N–C) groups is 2. The van der Waals surface area contributed by atoms with Gasteiger partial charge in [0.15, 0.2) is 5.84 Å². The van der Waals surface area contributed by atoms with E-state index in [4.69, 9.17) is 27.3 Å². The average molecular weight is 487 g/mol. The SMILES string of the molecule is C=C/C(N)=C\C1=C(C)C2=CC(CC1)N=C(NC(=O)Cc1ccc(Cl)cc1)C(c1ccc(O)cc1)=N2. The summed E-state index contributed by atoms with van der Waals surface area (Å²) in [5.74, 6) is 0.348. The van der Waals surface area contributed by atoms with Crippen LogP contribution >= 0.6 is 11.6 Å². The maximum absolute atomic E-state index is 13.0. The van der Waals surface area contributed by atoms with Gasteiger partial charge in [-0.25, -0.2) is 4.99 Å². The molecule has 0 fully saturated rings. The summed E-state index contributed by atoms with van der Waals surface area (Å²) in [7, 11) is 0. The van der Waals surface area contributed by atoms with Crippen LogP contribution in [0.4, 0.5) is 0 Å². The Balaban J connectivity index is 1.71. The van der Waals surface area contributed by atoms with E-state index in [2.05, 4.69) is 11.9 Å². The van der Waals surface area contributed by atoms with Crippen molar-refractivity contribution in [1.82, 2.24) is 5.32 Å². The van der Waals surface area contributed by atoms with Gasteiger partial charge in [-0.05, 0) is 91.1 Å². The number of halogens is 1. The molecule has 4 rings (SSSR count). The van der Waals surface area contributed by atoms with Gasteiger partial charge >= 0.3 is 0 Å². The fourth-order valence-electron chi connectivity index (χ4n) is 3.99. The number of phenolic OH excluding ortho intramolecular Hbond substituents is 1. The number of nitrogens with two attached hydrogens (primary N) is 1. The monoisotopic (exact) mass is 486 g/mol. The van der Waals surface area contributed by atoms with Crippen molar-refractivity contribution in [2.45, 2.75) is 32.2 Å². The van der Waals surface area contributed by atoms with Crippen LogP contribution in [0.1, 0.15) is 30.9 Å². The van der Waals surface area contributed by atoms with E-state index >= 15 is 0 Å². The normalized spacial score (nSPS) is 18.1. The Labute approximate surface area is 209 Å². The number of rotatable bonds is 5. The topological polar surface area (TPSA) is 100 Å². The van der Waals surface area contributed by atoms with Crippen LogP contribution in [0.5, 0.6) is 5.75 Å². The maximum Gasteiger partial charge on any atom is 0.229 e. The number of hydrogen-bond acceptors (Lipinski definition) is 5. The molecule has 0 saturated heterocycles. The lowest BCUT2D eigenvalue weighted by Crippen LogP contribution is -2.38. The molecule has 6 nitrogen and oxygen atoms in total. The van der Waals surface area contributed by atoms with Crippen LogP contribution in [0.15, 0.2) is 106 Å². The molecule has 35 heavy (non-hydrogen) atoms. The van der Waals surface area contributed by atoms with Gasteiger partial charge in [-0.3, -0.25) is 9.79 Å². The second-order valence-electron chi connectivity index (χ2n) is 8.49. The van der Waals surface area contributed by atoms with Gasteiger partial charge in [0.05, 0.1) is 18.2 Å². The number of amides is 1. The summed E-state index contributed by atoms with van der Waals surface area (Å²) in [6.45, 7) is 5.75. The van der Waals surface area contributed by atoms with Gasteiger partial charge in [-0.2, -0.15) is 0 Å². The molecule has 1 heterocycles. The molecule has 1 atom stereocenters. The Kier molecular flexibility index (Phi) is 7.32. The van der Waals surface area contributed by atoms with Gasteiger partial charge in [0.1, 0.15) is 11.5 Å². The number of carbonyl (C=O) groups excluding carboxylic acids is 1. The zero-order chi connectivity index (χ0) is 24.9. The van der Waals surface area contributed by atoms with Crippen molar-refractivity contribution in [3.05, 3.63) is 112 Å². The van der Waals surface area contributed by atoms with E-state index in [1.807, 2.05) is 31.2 Å². The van der Waals surface area contributed by atoms with Crippen molar-refractivity contribution >= 4 is 29.1 Å². The summed E-state index contributed by atoms with van der Waals surface area (Å²) < 4.78 is 0. The average Bonchev–Trinajstić information content (AvgIpc) is 3.10. The number of allylic oxidation sites excluding steroid dienone is 4. The van der Waals surface area contributed by atoms with Gasteiger partial charge in [0, 0.05) is 16.3 Å². The predicted molar refractivity (Wildman–Crippen MR) is 142 cm³/mol. The van der Waals surface area contributed by atoms with Crippen LogP contribution in [-0.4, -0.2) is 28.6 Å². The van der Waals surface area contributed by atoms with E-state index in [1.54, 1.807) is 42.5 Å². The third-order valence-corrected chi connectivity index (χ3v) is 6.18. The number of amidine groups is 1. The van der Waals surface area contributed by atoms with Crippen molar-refractivity contribution in [2.75, 3.05) is 0 Å². The molecule has 0 saturated carbocycles. The largest absolute Gasteiger partial charge is 0.508 e. The van der Waals surface area contributed by atoms with Crippen molar-refractivity contribution in [1.29, 1.82) is 0 Å². The van der Waals surface area contributed by atoms with Gasteiger partial charge in [-0.1, -0.05) is 30.3 Å². The molecule has 1 aliphatic carbocycles. The highest BCUT2D eigenvalue weighted by atomic mass is 35.5. The summed E-state index contributed by atoms with van der Waals surface area (Å²) in [5, 5.41) is 13.4. The number of aromatic hydroxyl groups is 1. The lowest BCUT2D eigenvalue weighted by atomic mass is 10.0. The first kappa shape index (κ1) is 24.2. The third kappa shape index (κ3) is 5.97. The molecular formula is C28H27ClN4O2. The molecule has 2 aliphatic rings. The third-order valence-electron chi connectivity index (χ3n) is 5.93. The van der Waals surface area contributed by atoms with Gasteiger partial charge < -0.3 is 16.2 Å². The molecule has 2 aromatic carbocycles. The summed E-state index contributed by atoms with van der Waals surface area (Å²) in [4.78, 5) is 22.8. The van der Waals surface area contributed by atoms with Crippen molar-refractivity contribution in [3.8, 4) is 5.75 Å². The van der Waals surface area contributed by atoms with Gasteiger partial charge in [0.2, 0.25) is 5.91 Å². The number of fused-ring (bicyclic) bond motifs is 1. The minimum Gasteiger partial charge on any atom is -0.508 e. The number of benzene rings is 2. The van der Waals surface area contributed by atoms with E-state index in [9.17, 15) is 9.90 Å². The maximum atomic E-state index is 13.0. The molecule has 1 unspecified atom stereocenters. The molecule has 178 valence electrons.